The van der Waals surface area contributed by atoms with Crippen LogP contribution in [0.1, 0.15) is 38.2 Å². The van der Waals surface area contributed by atoms with Crippen LogP contribution in [0.5, 0.6) is 5.75 Å². The van der Waals surface area contributed by atoms with Crippen LogP contribution < -0.4 is 4.74 Å². The topological polar surface area (TPSA) is 68.2 Å². The molecule has 8 heteroatoms. The van der Waals surface area contributed by atoms with E-state index in [1.54, 1.807) is 18.2 Å². The van der Waals surface area contributed by atoms with E-state index in [-0.39, 0.29) is 24.4 Å². The van der Waals surface area contributed by atoms with Crippen LogP contribution in [0, 0.1) is 0 Å². The molecule has 5 nitrogen and oxygen atoms in total. The highest BCUT2D eigenvalue weighted by Crippen LogP contribution is 2.32. The van der Waals surface area contributed by atoms with Crippen LogP contribution in [0.25, 0.3) is 5.57 Å². The Labute approximate surface area is 185 Å². The fraction of sp³-hybridized carbons (Fsp3) is 0.417. The van der Waals surface area contributed by atoms with Crippen LogP contribution in [0.4, 0.5) is 13.2 Å². The molecule has 3 rings (SSSR count). The average molecular weight is 452 g/mol. The van der Waals surface area contributed by atoms with Crippen molar-refractivity contribution in [2.24, 2.45) is 0 Å². The Morgan fingerprint density at radius 1 is 1.16 bits per heavy atom. The lowest BCUT2D eigenvalue weighted by atomic mass is 9.95. The predicted molar refractivity (Wildman–Crippen MR) is 113 cm³/mol. The van der Waals surface area contributed by atoms with Gasteiger partial charge in [-0.05, 0) is 54.3 Å². The number of aliphatic hydroxyl groups is 2. The van der Waals surface area contributed by atoms with Crippen LogP contribution in [0.2, 0.25) is 0 Å². The maximum Gasteiger partial charge on any atom is 0.573 e. The number of alkyl halides is 3. The smallest absolute Gasteiger partial charge is 0.486 e. The van der Waals surface area contributed by atoms with Gasteiger partial charge in [0.2, 0.25) is 0 Å². The Kier molecular flexibility index (Phi) is 8.17. The van der Waals surface area contributed by atoms with Crippen LogP contribution in [0.3, 0.4) is 0 Å². The first-order chi connectivity index (χ1) is 15.2. The zero-order valence-electron chi connectivity index (χ0n) is 17.7. The van der Waals surface area contributed by atoms with Crippen LogP contribution in [-0.2, 0) is 9.47 Å². The van der Waals surface area contributed by atoms with Crippen molar-refractivity contribution in [2.45, 2.75) is 57.5 Å². The minimum Gasteiger partial charge on any atom is -0.486 e. The van der Waals surface area contributed by atoms with Crippen LogP contribution in [0.15, 0.2) is 66.0 Å². The summed E-state index contributed by atoms with van der Waals surface area (Å²) in [6.07, 6.45) is 4.37. The molecule has 0 radical (unpaired) electrons. The summed E-state index contributed by atoms with van der Waals surface area (Å²) in [5.74, 6) is 0.294. The number of benzene rings is 1. The van der Waals surface area contributed by atoms with Gasteiger partial charge in [-0.3, -0.25) is 0 Å². The molecular weight excluding hydrogens is 425 g/mol. The highest BCUT2D eigenvalue weighted by molar-refractivity contribution is 5.70. The standard InChI is InChI=1S/C24H27F3O5/c1-2-9-30-21-10-16(12-23(28)29)11-22(15-21)31-19-7-3-5-17(13-19)18-6-4-8-20(14-18)32-24(25,26)27/h3-8,11,14-15,19,21,23,28-29H,2,9-10,12-13H2,1H3. The van der Waals surface area contributed by atoms with E-state index in [1.807, 2.05) is 25.2 Å². The maximum absolute atomic E-state index is 12.5. The second-order valence-corrected chi connectivity index (χ2v) is 7.68. The van der Waals surface area contributed by atoms with Crippen molar-refractivity contribution in [1.82, 2.24) is 0 Å². The van der Waals surface area contributed by atoms with E-state index in [9.17, 15) is 23.4 Å². The number of hydrogen-bond acceptors (Lipinski definition) is 5. The lowest BCUT2D eigenvalue weighted by Gasteiger charge is -2.26. The van der Waals surface area contributed by atoms with Crippen molar-refractivity contribution in [3.8, 4) is 5.75 Å². The first-order valence-corrected chi connectivity index (χ1v) is 10.5. The molecule has 0 bridgehead atoms. The van der Waals surface area contributed by atoms with Gasteiger partial charge in [0.1, 0.15) is 17.6 Å². The summed E-state index contributed by atoms with van der Waals surface area (Å²) in [7, 11) is 0. The highest BCUT2D eigenvalue weighted by Gasteiger charge is 2.31. The van der Waals surface area contributed by atoms with Crippen LogP contribution >= 0.6 is 0 Å². The van der Waals surface area contributed by atoms with E-state index < -0.39 is 12.7 Å². The van der Waals surface area contributed by atoms with E-state index in [4.69, 9.17) is 9.47 Å². The third-order valence-electron chi connectivity index (χ3n) is 4.91. The molecule has 0 spiro atoms. The SMILES string of the molecule is CCCOC1C=C(OC2C=CC=C(c3cccc(OC(F)(F)F)c3)C2)C=C(CC(O)O)C1. The summed E-state index contributed by atoms with van der Waals surface area (Å²) < 4.78 is 53.6. The molecule has 0 heterocycles. The molecule has 2 aliphatic rings. The molecule has 0 saturated carbocycles. The lowest BCUT2D eigenvalue weighted by molar-refractivity contribution is -0.274. The first kappa shape index (κ1) is 24.1. The van der Waals surface area contributed by atoms with Crippen molar-refractivity contribution < 1.29 is 37.6 Å². The highest BCUT2D eigenvalue weighted by atomic mass is 19.4. The molecule has 2 unspecified atom stereocenters. The summed E-state index contributed by atoms with van der Waals surface area (Å²) in [6, 6.07) is 5.85. The molecule has 1 aromatic carbocycles. The fourth-order valence-electron chi connectivity index (χ4n) is 3.65. The zero-order chi connectivity index (χ0) is 23.1. The first-order valence-electron chi connectivity index (χ1n) is 10.5. The molecule has 2 atom stereocenters. The number of allylic oxidation sites excluding steroid dienone is 3. The Hall–Kier alpha value is -2.55. The molecule has 0 amide bonds. The molecule has 2 aliphatic carbocycles. The summed E-state index contributed by atoms with van der Waals surface area (Å²) >= 11 is 0. The lowest BCUT2D eigenvalue weighted by Crippen LogP contribution is -2.21. The van der Waals surface area contributed by atoms with Crippen molar-refractivity contribution in [2.75, 3.05) is 6.61 Å². The monoisotopic (exact) mass is 452 g/mol. The third kappa shape index (κ3) is 7.55. The zero-order valence-corrected chi connectivity index (χ0v) is 17.7. The van der Waals surface area contributed by atoms with Gasteiger partial charge in [0, 0.05) is 19.4 Å². The Morgan fingerprint density at radius 3 is 2.69 bits per heavy atom. The van der Waals surface area contributed by atoms with E-state index in [0.29, 0.717) is 30.8 Å². The number of aliphatic hydroxyl groups excluding tert-OH is 1. The number of ether oxygens (including phenoxy) is 3. The van der Waals surface area contributed by atoms with Gasteiger partial charge < -0.3 is 24.4 Å². The minimum atomic E-state index is -4.75. The minimum absolute atomic E-state index is 0.102. The Balaban J connectivity index is 1.70. The maximum atomic E-state index is 12.5. The Bertz CT molecular complexity index is 899. The summed E-state index contributed by atoms with van der Waals surface area (Å²) in [6.45, 7) is 2.59. The predicted octanol–water partition coefficient (Wildman–Crippen LogP) is 5.02. The molecule has 32 heavy (non-hydrogen) atoms. The van der Waals surface area contributed by atoms with Gasteiger partial charge in [0.05, 0.1) is 6.10 Å². The van der Waals surface area contributed by atoms with Gasteiger partial charge in [0.15, 0.2) is 6.29 Å². The number of rotatable bonds is 9. The molecular formula is C24H27F3O5. The largest absolute Gasteiger partial charge is 0.573 e. The van der Waals surface area contributed by atoms with Gasteiger partial charge in [-0.15, -0.1) is 13.2 Å². The van der Waals surface area contributed by atoms with E-state index in [0.717, 1.165) is 17.6 Å². The molecule has 0 saturated heterocycles. The van der Waals surface area contributed by atoms with Crippen molar-refractivity contribution in [3.63, 3.8) is 0 Å². The number of hydrogen-bond donors (Lipinski definition) is 2. The van der Waals surface area contributed by atoms with Gasteiger partial charge in [-0.2, -0.15) is 0 Å². The second kappa shape index (κ2) is 10.8. The molecule has 0 fully saturated rings. The Morgan fingerprint density at radius 2 is 1.97 bits per heavy atom. The summed E-state index contributed by atoms with van der Waals surface area (Å²) in [5.41, 5.74) is 2.24. The van der Waals surface area contributed by atoms with E-state index in [2.05, 4.69) is 4.74 Å². The quantitative estimate of drug-likeness (QED) is 0.515. The third-order valence-corrected chi connectivity index (χ3v) is 4.91. The normalized spacial score (nSPS) is 21.2. The van der Waals surface area contributed by atoms with Crippen molar-refractivity contribution in [1.29, 1.82) is 0 Å². The van der Waals surface area contributed by atoms with Gasteiger partial charge in [-0.1, -0.05) is 36.8 Å². The van der Waals surface area contributed by atoms with Crippen LogP contribution in [-0.4, -0.2) is 41.7 Å². The second-order valence-electron chi connectivity index (χ2n) is 7.68. The van der Waals surface area contributed by atoms with Crippen molar-refractivity contribution in [3.05, 3.63) is 71.5 Å². The number of halogens is 3. The van der Waals surface area contributed by atoms with Crippen molar-refractivity contribution >= 4 is 5.57 Å². The van der Waals surface area contributed by atoms with E-state index >= 15 is 0 Å². The molecule has 0 aliphatic heterocycles. The molecule has 174 valence electrons. The van der Waals surface area contributed by atoms with E-state index in [1.165, 1.54) is 18.2 Å². The average Bonchev–Trinajstić information content (AvgIpc) is 2.71. The van der Waals surface area contributed by atoms with Gasteiger partial charge in [0.25, 0.3) is 0 Å². The molecule has 1 aromatic rings. The van der Waals surface area contributed by atoms with Gasteiger partial charge in [-0.25, -0.2) is 0 Å². The molecule has 2 N–H and O–H groups in total. The summed E-state index contributed by atoms with van der Waals surface area (Å²) in [4.78, 5) is 0. The fourth-order valence-corrected chi connectivity index (χ4v) is 3.65. The summed E-state index contributed by atoms with van der Waals surface area (Å²) in [5, 5.41) is 18.7. The molecule has 0 aromatic heterocycles. The van der Waals surface area contributed by atoms with Gasteiger partial charge >= 0.3 is 6.36 Å².